The summed E-state index contributed by atoms with van der Waals surface area (Å²) in [5.41, 5.74) is 0.677. The summed E-state index contributed by atoms with van der Waals surface area (Å²) < 4.78 is 0. The molecule has 0 bridgehead atoms. The molecule has 0 aliphatic rings. The lowest BCUT2D eigenvalue weighted by Crippen LogP contribution is -2.27. The molecular formula is C13H20O2. The van der Waals surface area contributed by atoms with Crippen LogP contribution in [-0.4, -0.2) is 16.3 Å². The maximum atomic E-state index is 9.89. The first kappa shape index (κ1) is 12.2. The molecule has 2 nitrogen and oxygen atoms in total. The second-order valence-corrected chi connectivity index (χ2v) is 5.04. The minimum atomic E-state index is -0.583. The highest BCUT2D eigenvalue weighted by Crippen LogP contribution is 2.27. The van der Waals surface area contributed by atoms with E-state index in [0.29, 0.717) is 6.42 Å². The lowest BCUT2D eigenvalue weighted by atomic mass is 9.85. The zero-order valence-corrected chi connectivity index (χ0v) is 9.64. The van der Waals surface area contributed by atoms with Gasteiger partial charge in [0.1, 0.15) is 0 Å². The van der Waals surface area contributed by atoms with Gasteiger partial charge in [0.05, 0.1) is 12.2 Å². The SMILES string of the molecule is CC(C)(C)[C@@H](O)C[C@@H](O)c1ccccc1. The molecule has 0 aromatic heterocycles. The van der Waals surface area contributed by atoms with Gasteiger partial charge in [-0.15, -0.1) is 0 Å². The Bertz CT molecular complexity index is 287. The van der Waals surface area contributed by atoms with E-state index in [2.05, 4.69) is 0 Å². The Hall–Kier alpha value is -0.860. The topological polar surface area (TPSA) is 40.5 Å². The van der Waals surface area contributed by atoms with E-state index in [1.54, 1.807) is 0 Å². The molecule has 0 saturated heterocycles. The van der Waals surface area contributed by atoms with E-state index in [0.717, 1.165) is 5.56 Å². The number of aliphatic hydroxyl groups excluding tert-OH is 2. The smallest absolute Gasteiger partial charge is 0.0814 e. The summed E-state index contributed by atoms with van der Waals surface area (Å²) in [6, 6.07) is 9.44. The molecule has 0 aliphatic heterocycles. The van der Waals surface area contributed by atoms with Gasteiger partial charge in [0.2, 0.25) is 0 Å². The van der Waals surface area contributed by atoms with Crippen LogP contribution in [0.15, 0.2) is 30.3 Å². The van der Waals surface area contributed by atoms with Crippen molar-refractivity contribution in [2.75, 3.05) is 0 Å². The van der Waals surface area contributed by atoms with E-state index in [-0.39, 0.29) is 5.41 Å². The molecule has 2 heteroatoms. The Balaban J connectivity index is 2.61. The highest BCUT2D eigenvalue weighted by Gasteiger charge is 2.25. The first-order valence-corrected chi connectivity index (χ1v) is 5.32. The first-order chi connectivity index (χ1) is 6.91. The Morgan fingerprint density at radius 3 is 2.07 bits per heavy atom. The summed E-state index contributed by atoms with van der Waals surface area (Å²) in [6.07, 6.45) is -0.693. The van der Waals surface area contributed by atoms with E-state index in [4.69, 9.17) is 0 Å². The summed E-state index contributed by atoms with van der Waals surface area (Å²) in [4.78, 5) is 0. The van der Waals surface area contributed by atoms with E-state index in [9.17, 15) is 10.2 Å². The number of hydrogen-bond donors (Lipinski definition) is 2. The van der Waals surface area contributed by atoms with Gasteiger partial charge >= 0.3 is 0 Å². The molecule has 0 aliphatic carbocycles. The second-order valence-electron chi connectivity index (χ2n) is 5.04. The van der Waals surface area contributed by atoms with Crippen molar-refractivity contribution in [3.63, 3.8) is 0 Å². The van der Waals surface area contributed by atoms with Gasteiger partial charge < -0.3 is 10.2 Å². The summed E-state index contributed by atoms with van der Waals surface area (Å²) in [6.45, 7) is 5.90. The molecule has 15 heavy (non-hydrogen) atoms. The molecule has 84 valence electrons. The average molecular weight is 208 g/mol. The third-order valence-electron chi connectivity index (χ3n) is 2.63. The molecule has 2 N–H and O–H groups in total. The number of aliphatic hydroxyl groups is 2. The fourth-order valence-electron chi connectivity index (χ4n) is 1.38. The van der Waals surface area contributed by atoms with Gasteiger partial charge in [0.25, 0.3) is 0 Å². The minimum Gasteiger partial charge on any atom is -0.392 e. The van der Waals surface area contributed by atoms with Crippen LogP contribution >= 0.6 is 0 Å². The normalized spacial score (nSPS) is 16.1. The summed E-state index contributed by atoms with van der Waals surface area (Å²) >= 11 is 0. The van der Waals surface area contributed by atoms with Gasteiger partial charge in [-0.2, -0.15) is 0 Å². The zero-order valence-electron chi connectivity index (χ0n) is 9.64. The van der Waals surface area contributed by atoms with Crippen LogP contribution in [0.4, 0.5) is 0 Å². The molecule has 0 radical (unpaired) electrons. The Kier molecular flexibility index (Phi) is 3.89. The van der Waals surface area contributed by atoms with Crippen LogP contribution in [0.25, 0.3) is 0 Å². The number of benzene rings is 1. The van der Waals surface area contributed by atoms with Crippen molar-refractivity contribution in [1.82, 2.24) is 0 Å². The maximum Gasteiger partial charge on any atom is 0.0814 e. The lowest BCUT2D eigenvalue weighted by Gasteiger charge is -2.27. The maximum absolute atomic E-state index is 9.89. The summed E-state index contributed by atoms with van der Waals surface area (Å²) in [5, 5.41) is 19.8. The monoisotopic (exact) mass is 208 g/mol. The van der Waals surface area contributed by atoms with E-state index >= 15 is 0 Å². The molecular weight excluding hydrogens is 188 g/mol. The fourth-order valence-corrected chi connectivity index (χ4v) is 1.38. The van der Waals surface area contributed by atoms with Gasteiger partial charge in [-0.05, 0) is 11.0 Å². The molecule has 0 heterocycles. The van der Waals surface area contributed by atoms with Gasteiger partial charge in [-0.25, -0.2) is 0 Å². The van der Waals surface area contributed by atoms with E-state index in [1.165, 1.54) is 0 Å². The molecule has 1 rings (SSSR count). The van der Waals surface area contributed by atoms with Crippen LogP contribution in [0.3, 0.4) is 0 Å². The molecule has 1 aromatic rings. The Morgan fingerprint density at radius 2 is 1.60 bits per heavy atom. The van der Waals surface area contributed by atoms with Gasteiger partial charge in [-0.1, -0.05) is 51.1 Å². The Labute approximate surface area is 91.6 Å². The van der Waals surface area contributed by atoms with Crippen molar-refractivity contribution >= 4 is 0 Å². The van der Waals surface area contributed by atoms with Crippen molar-refractivity contribution in [2.45, 2.75) is 39.4 Å². The van der Waals surface area contributed by atoms with Crippen molar-refractivity contribution in [2.24, 2.45) is 5.41 Å². The van der Waals surface area contributed by atoms with Crippen LogP contribution in [0, 0.1) is 5.41 Å². The van der Waals surface area contributed by atoms with Crippen molar-refractivity contribution in [3.8, 4) is 0 Å². The molecule has 0 amide bonds. The van der Waals surface area contributed by atoms with Crippen molar-refractivity contribution < 1.29 is 10.2 Å². The number of hydrogen-bond acceptors (Lipinski definition) is 2. The van der Waals surface area contributed by atoms with Gasteiger partial charge in [0.15, 0.2) is 0 Å². The van der Waals surface area contributed by atoms with Gasteiger partial charge in [-0.3, -0.25) is 0 Å². The predicted octanol–water partition coefficient (Wildman–Crippen LogP) is 2.52. The molecule has 0 saturated carbocycles. The van der Waals surface area contributed by atoms with Crippen LogP contribution in [-0.2, 0) is 0 Å². The van der Waals surface area contributed by atoms with Crippen molar-refractivity contribution in [3.05, 3.63) is 35.9 Å². The predicted molar refractivity (Wildman–Crippen MR) is 61.5 cm³/mol. The molecule has 1 aromatic carbocycles. The number of rotatable bonds is 3. The molecule has 0 spiro atoms. The standard InChI is InChI=1S/C13H20O2/c1-13(2,3)12(15)9-11(14)10-7-5-4-6-8-10/h4-8,11-12,14-15H,9H2,1-3H3/t11-,12+/m1/s1. The quantitative estimate of drug-likeness (QED) is 0.801. The third kappa shape index (κ3) is 3.65. The van der Waals surface area contributed by atoms with E-state index < -0.39 is 12.2 Å². The Morgan fingerprint density at radius 1 is 1.07 bits per heavy atom. The van der Waals surface area contributed by atoms with Crippen LogP contribution in [0.5, 0.6) is 0 Å². The van der Waals surface area contributed by atoms with Gasteiger partial charge in [0, 0.05) is 6.42 Å². The van der Waals surface area contributed by atoms with Crippen LogP contribution < -0.4 is 0 Å². The summed E-state index contributed by atoms with van der Waals surface area (Å²) in [5.74, 6) is 0. The highest BCUT2D eigenvalue weighted by atomic mass is 16.3. The van der Waals surface area contributed by atoms with Crippen LogP contribution in [0.2, 0.25) is 0 Å². The van der Waals surface area contributed by atoms with E-state index in [1.807, 2.05) is 51.1 Å². The summed E-state index contributed by atoms with van der Waals surface area (Å²) in [7, 11) is 0. The highest BCUT2D eigenvalue weighted by molar-refractivity contribution is 5.17. The molecule has 2 atom stereocenters. The van der Waals surface area contributed by atoms with Crippen molar-refractivity contribution in [1.29, 1.82) is 0 Å². The molecule has 0 fully saturated rings. The zero-order chi connectivity index (χ0) is 11.5. The third-order valence-corrected chi connectivity index (χ3v) is 2.63. The lowest BCUT2D eigenvalue weighted by molar-refractivity contribution is 0.0130. The fraction of sp³-hybridized carbons (Fsp3) is 0.538. The molecule has 0 unspecified atom stereocenters. The average Bonchev–Trinajstić information content (AvgIpc) is 2.17. The largest absolute Gasteiger partial charge is 0.392 e. The first-order valence-electron chi connectivity index (χ1n) is 5.32. The van der Waals surface area contributed by atoms with Crippen LogP contribution in [0.1, 0.15) is 38.9 Å². The second kappa shape index (κ2) is 4.77. The minimum absolute atomic E-state index is 0.185.